The van der Waals surface area contributed by atoms with E-state index in [1.165, 1.54) is 29.4 Å². The van der Waals surface area contributed by atoms with E-state index in [-0.39, 0.29) is 18.1 Å². The molecule has 3 rings (SSSR count). The van der Waals surface area contributed by atoms with E-state index >= 15 is 0 Å². The van der Waals surface area contributed by atoms with Crippen molar-refractivity contribution in [2.24, 2.45) is 0 Å². The van der Waals surface area contributed by atoms with Gasteiger partial charge in [-0.15, -0.1) is 11.3 Å². The summed E-state index contributed by atoms with van der Waals surface area (Å²) in [5.41, 5.74) is 2.72. The molecule has 0 radical (unpaired) electrons. The highest BCUT2D eigenvalue weighted by atomic mass is 32.2. The van der Waals surface area contributed by atoms with Gasteiger partial charge in [-0.2, -0.15) is 0 Å². The second-order valence-electron chi connectivity index (χ2n) is 5.89. The van der Waals surface area contributed by atoms with Crippen molar-refractivity contribution in [3.63, 3.8) is 0 Å². The first kappa shape index (κ1) is 19.5. The van der Waals surface area contributed by atoms with Crippen molar-refractivity contribution in [3.05, 3.63) is 52.7 Å². The Morgan fingerprint density at radius 3 is 2.78 bits per heavy atom. The number of aromatic nitrogens is 2. The third-order valence-corrected chi connectivity index (χ3v) is 5.98. The summed E-state index contributed by atoms with van der Waals surface area (Å²) in [5, 5.41) is 3.62. The number of aryl methyl sites for hydroxylation is 2. The number of carbonyl (C=O) groups is 2. The smallest absolute Gasteiger partial charge is 0.316 e. The van der Waals surface area contributed by atoms with Crippen LogP contribution in [0, 0.1) is 0 Å². The van der Waals surface area contributed by atoms with E-state index < -0.39 is 5.97 Å². The first-order valence-corrected chi connectivity index (χ1v) is 10.6. The fourth-order valence-electron chi connectivity index (χ4n) is 2.69. The van der Waals surface area contributed by atoms with Gasteiger partial charge in [0.15, 0.2) is 6.61 Å². The number of nitrogens with zero attached hydrogens (tertiary/aromatic N) is 2. The van der Waals surface area contributed by atoms with Crippen LogP contribution in [0.3, 0.4) is 0 Å². The summed E-state index contributed by atoms with van der Waals surface area (Å²) in [6.07, 6.45) is 3.11. The lowest BCUT2D eigenvalue weighted by molar-refractivity contribution is -0.139. The molecule has 0 spiro atoms. The zero-order valence-corrected chi connectivity index (χ0v) is 16.9. The van der Waals surface area contributed by atoms with Crippen molar-refractivity contribution in [1.82, 2.24) is 9.97 Å². The molecule has 0 N–H and O–H groups in total. The fraction of sp³-hybridized carbons (Fsp3) is 0.300. The molecule has 3 aromatic rings. The Morgan fingerprint density at radius 1 is 1.15 bits per heavy atom. The maximum Gasteiger partial charge on any atom is 0.316 e. The summed E-state index contributed by atoms with van der Waals surface area (Å²) >= 11 is 2.82. The molecular formula is C20H20N2O3S2. The standard InChI is InChI=1S/C20H20N2O3S2/c1-3-13-5-6-14(4-2)16(9-13)17(23)10-25-18(24)11-27-20-15-7-8-26-19(15)21-12-22-20/h5-9,12H,3-4,10-11H2,1-2H3. The van der Waals surface area contributed by atoms with E-state index in [0.717, 1.165) is 39.2 Å². The average molecular weight is 401 g/mol. The summed E-state index contributed by atoms with van der Waals surface area (Å²) < 4.78 is 5.20. The Bertz CT molecular complexity index is 969. The number of hydrogen-bond acceptors (Lipinski definition) is 7. The number of Topliss-reactive ketones (excluding diaryl/α,β-unsaturated/α-hetero) is 1. The van der Waals surface area contributed by atoms with Crippen molar-refractivity contribution in [2.75, 3.05) is 12.4 Å². The molecule has 0 aliphatic rings. The van der Waals surface area contributed by atoms with Crippen LogP contribution in [-0.2, 0) is 22.4 Å². The van der Waals surface area contributed by atoms with E-state index in [1.54, 1.807) is 0 Å². The number of hydrogen-bond donors (Lipinski definition) is 0. The lowest BCUT2D eigenvalue weighted by Gasteiger charge is -2.10. The van der Waals surface area contributed by atoms with Gasteiger partial charge in [0.25, 0.3) is 0 Å². The lowest BCUT2D eigenvalue weighted by atomic mass is 9.98. The first-order valence-electron chi connectivity index (χ1n) is 8.74. The van der Waals surface area contributed by atoms with Gasteiger partial charge < -0.3 is 4.74 Å². The van der Waals surface area contributed by atoms with Gasteiger partial charge in [-0.1, -0.05) is 37.7 Å². The van der Waals surface area contributed by atoms with Crippen LogP contribution in [0.2, 0.25) is 0 Å². The molecule has 2 aromatic heterocycles. The van der Waals surface area contributed by atoms with Crippen LogP contribution in [0.25, 0.3) is 10.2 Å². The fourth-order valence-corrected chi connectivity index (χ4v) is 4.26. The number of esters is 1. The van der Waals surface area contributed by atoms with Crippen LogP contribution in [0.4, 0.5) is 0 Å². The zero-order valence-electron chi connectivity index (χ0n) is 15.2. The Kier molecular flexibility index (Phi) is 6.58. The SMILES string of the molecule is CCc1ccc(CC)c(C(=O)COC(=O)CSc2ncnc3sccc23)c1. The molecule has 1 aromatic carbocycles. The number of ether oxygens (including phenoxy) is 1. The quantitative estimate of drug-likeness (QED) is 0.243. The second-order valence-corrected chi connectivity index (χ2v) is 7.75. The van der Waals surface area contributed by atoms with Crippen molar-refractivity contribution < 1.29 is 14.3 Å². The van der Waals surface area contributed by atoms with Crippen LogP contribution in [0.15, 0.2) is 41.0 Å². The number of benzene rings is 1. The van der Waals surface area contributed by atoms with Gasteiger partial charge in [0, 0.05) is 10.9 Å². The summed E-state index contributed by atoms with van der Waals surface area (Å²) in [6.45, 7) is 3.81. The monoisotopic (exact) mass is 400 g/mol. The molecule has 0 aliphatic carbocycles. The Morgan fingerprint density at radius 2 is 2.00 bits per heavy atom. The molecule has 0 fully saturated rings. The average Bonchev–Trinajstić information content (AvgIpc) is 3.19. The molecule has 140 valence electrons. The topological polar surface area (TPSA) is 69.2 Å². The molecular weight excluding hydrogens is 380 g/mol. The van der Waals surface area contributed by atoms with Crippen LogP contribution in [-0.4, -0.2) is 34.1 Å². The van der Waals surface area contributed by atoms with Crippen LogP contribution < -0.4 is 0 Å². The van der Waals surface area contributed by atoms with E-state index in [2.05, 4.69) is 9.97 Å². The van der Waals surface area contributed by atoms with Crippen LogP contribution in [0.5, 0.6) is 0 Å². The number of ketones is 1. The third-order valence-electron chi connectivity index (χ3n) is 4.18. The lowest BCUT2D eigenvalue weighted by Crippen LogP contribution is -2.17. The minimum Gasteiger partial charge on any atom is -0.457 e. The molecule has 0 atom stereocenters. The van der Waals surface area contributed by atoms with Crippen LogP contribution >= 0.6 is 23.1 Å². The van der Waals surface area contributed by atoms with Gasteiger partial charge in [0.1, 0.15) is 16.2 Å². The zero-order chi connectivity index (χ0) is 19.2. The van der Waals surface area contributed by atoms with Gasteiger partial charge in [-0.25, -0.2) is 9.97 Å². The maximum absolute atomic E-state index is 12.5. The van der Waals surface area contributed by atoms with E-state index in [9.17, 15) is 9.59 Å². The highest BCUT2D eigenvalue weighted by Gasteiger charge is 2.15. The largest absolute Gasteiger partial charge is 0.457 e. The second kappa shape index (κ2) is 9.10. The Labute approximate surface area is 166 Å². The molecule has 27 heavy (non-hydrogen) atoms. The van der Waals surface area contributed by atoms with E-state index in [1.807, 2.05) is 43.5 Å². The van der Waals surface area contributed by atoms with Crippen molar-refractivity contribution in [3.8, 4) is 0 Å². The minimum absolute atomic E-state index is 0.102. The predicted molar refractivity (Wildman–Crippen MR) is 109 cm³/mol. The van der Waals surface area contributed by atoms with Gasteiger partial charge in [0.05, 0.1) is 5.75 Å². The molecule has 0 amide bonds. The van der Waals surface area contributed by atoms with Gasteiger partial charge >= 0.3 is 5.97 Å². The molecule has 0 aliphatic heterocycles. The molecule has 0 unspecified atom stereocenters. The maximum atomic E-state index is 12.5. The highest BCUT2D eigenvalue weighted by Crippen LogP contribution is 2.27. The Balaban J connectivity index is 1.57. The van der Waals surface area contributed by atoms with Crippen molar-refractivity contribution >= 4 is 45.1 Å². The molecule has 0 saturated heterocycles. The Hall–Kier alpha value is -2.25. The molecule has 7 heteroatoms. The summed E-state index contributed by atoms with van der Waals surface area (Å²) in [4.78, 5) is 33.9. The molecule has 5 nitrogen and oxygen atoms in total. The molecule has 0 saturated carbocycles. The van der Waals surface area contributed by atoms with E-state index in [4.69, 9.17) is 4.74 Å². The molecule has 0 bridgehead atoms. The van der Waals surface area contributed by atoms with Crippen LogP contribution in [0.1, 0.15) is 35.3 Å². The number of rotatable bonds is 8. The first-order chi connectivity index (χ1) is 13.1. The third kappa shape index (κ3) is 4.73. The number of carbonyl (C=O) groups excluding carboxylic acids is 2. The summed E-state index contributed by atoms with van der Waals surface area (Å²) in [5.74, 6) is -0.493. The summed E-state index contributed by atoms with van der Waals surface area (Å²) in [6, 6.07) is 7.85. The molecule has 2 heterocycles. The van der Waals surface area contributed by atoms with E-state index in [0.29, 0.717) is 5.56 Å². The van der Waals surface area contributed by atoms with Crippen molar-refractivity contribution in [2.45, 2.75) is 31.7 Å². The predicted octanol–water partition coefficient (Wildman–Crippen LogP) is 4.33. The van der Waals surface area contributed by atoms with Gasteiger partial charge in [0.2, 0.25) is 5.78 Å². The number of thiophene rings is 1. The van der Waals surface area contributed by atoms with Crippen molar-refractivity contribution in [1.29, 1.82) is 0 Å². The number of thioether (sulfide) groups is 1. The van der Waals surface area contributed by atoms with Gasteiger partial charge in [-0.05, 0) is 41.5 Å². The summed E-state index contributed by atoms with van der Waals surface area (Å²) in [7, 11) is 0. The van der Waals surface area contributed by atoms with Gasteiger partial charge in [-0.3, -0.25) is 9.59 Å². The minimum atomic E-state index is -0.431. The number of fused-ring (bicyclic) bond motifs is 1. The normalized spacial score (nSPS) is 10.9. The highest BCUT2D eigenvalue weighted by molar-refractivity contribution is 8.00.